The van der Waals surface area contributed by atoms with Crippen LogP contribution < -0.4 is 10.1 Å². The lowest BCUT2D eigenvalue weighted by Crippen LogP contribution is -2.13. The van der Waals surface area contributed by atoms with E-state index in [1.807, 2.05) is 48.5 Å². The molecule has 0 radical (unpaired) electrons. The van der Waals surface area contributed by atoms with Crippen LogP contribution in [0.25, 0.3) is 22.2 Å². The van der Waals surface area contributed by atoms with Gasteiger partial charge in [-0.15, -0.1) is 0 Å². The lowest BCUT2D eigenvalue weighted by Gasteiger charge is -2.10. The molecule has 0 aliphatic rings. The van der Waals surface area contributed by atoms with Crippen molar-refractivity contribution in [2.75, 3.05) is 12.4 Å². The molecule has 0 spiro atoms. The minimum atomic E-state index is -0.204. The third kappa shape index (κ3) is 3.58. The third-order valence-electron chi connectivity index (χ3n) is 4.63. The molecule has 0 saturated carbocycles. The van der Waals surface area contributed by atoms with Crippen LogP contribution in [0.1, 0.15) is 15.9 Å². The molecule has 0 atom stereocenters. The standard InChI is InChI=1S/C24H20N2O2/c1-16-7-13-22-18(15-16)10-14-21(26-22)17-8-11-19(12-9-17)25-24(27)20-5-3-4-6-23(20)28-2/h3-15H,1-2H3,(H,25,27). The van der Waals surface area contributed by atoms with Gasteiger partial charge in [0, 0.05) is 16.6 Å². The maximum absolute atomic E-state index is 12.5. The van der Waals surface area contributed by atoms with Gasteiger partial charge < -0.3 is 10.1 Å². The topological polar surface area (TPSA) is 51.2 Å². The molecule has 0 fully saturated rings. The highest BCUT2D eigenvalue weighted by atomic mass is 16.5. The summed E-state index contributed by atoms with van der Waals surface area (Å²) in [7, 11) is 1.55. The first kappa shape index (κ1) is 17.7. The molecular formula is C24H20N2O2. The van der Waals surface area contributed by atoms with Crippen LogP contribution in [0.2, 0.25) is 0 Å². The van der Waals surface area contributed by atoms with Gasteiger partial charge >= 0.3 is 0 Å². The van der Waals surface area contributed by atoms with Gasteiger partial charge in [-0.2, -0.15) is 0 Å². The number of hydrogen-bond donors (Lipinski definition) is 1. The maximum atomic E-state index is 12.5. The van der Waals surface area contributed by atoms with Crippen LogP contribution in [-0.4, -0.2) is 18.0 Å². The molecule has 1 heterocycles. The van der Waals surface area contributed by atoms with Gasteiger partial charge in [0.25, 0.3) is 5.91 Å². The number of para-hydroxylation sites is 1. The number of ether oxygens (including phenoxy) is 1. The average molecular weight is 368 g/mol. The van der Waals surface area contributed by atoms with Gasteiger partial charge in [-0.3, -0.25) is 4.79 Å². The fourth-order valence-corrected chi connectivity index (χ4v) is 3.16. The number of benzene rings is 3. The van der Waals surface area contributed by atoms with Crippen LogP contribution in [0.15, 0.2) is 78.9 Å². The molecule has 4 aromatic rings. The summed E-state index contributed by atoms with van der Waals surface area (Å²) in [5.41, 5.74) is 5.31. The van der Waals surface area contributed by atoms with E-state index in [4.69, 9.17) is 9.72 Å². The Kier molecular flexibility index (Phi) is 4.77. The summed E-state index contributed by atoms with van der Waals surface area (Å²) in [4.78, 5) is 17.3. The van der Waals surface area contributed by atoms with E-state index >= 15 is 0 Å². The van der Waals surface area contributed by atoms with Crippen molar-refractivity contribution in [3.8, 4) is 17.0 Å². The summed E-state index contributed by atoms with van der Waals surface area (Å²) in [6, 6.07) is 25.2. The van der Waals surface area contributed by atoms with Gasteiger partial charge in [0.1, 0.15) is 5.75 Å². The van der Waals surface area contributed by atoms with Crippen LogP contribution >= 0.6 is 0 Å². The Hall–Kier alpha value is -3.66. The van der Waals surface area contributed by atoms with E-state index in [-0.39, 0.29) is 5.91 Å². The molecule has 0 unspecified atom stereocenters. The number of pyridine rings is 1. The van der Waals surface area contributed by atoms with E-state index in [1.165, 1.54) is 5.56 Å². The molecule has 0 aliphatic carbocycles. The highest BCUT2D eigenvalue weighted by Gasteiger charge is 2.11. The molecule has 1 aromatic heterocycles. The highest BCUT2D eigenvalue weighted by Crippen LogP contribution is 2.24. The van der Waals surface area contributed by atoms with Crippen molar-refractivity contribution in [1.82, 2.24) is 4.98 Å². The number of nitrogens with one attached hydrogen (secondary N) is 1. The molecular weight excluding hydrogens is 348 g/mol. The Labute approximate surface area is 163 Å². The Bertz CT molecular complexity index is 1150. The summed E-state index contributed by atoms with van der Waals surface area (Å²) in [5.74, 6) is 0.344. The third-order valence-corrected chi connectivity index (χ3v) is 4.63. The average Bonchev–Trinajstić information content (AvgIpc) is 2.74. The summed E-state index contributed by atoms with van der Waals surface area (Å²) < 4.78 is 5.25. The first-order chi connectivity index (χ1) is 13.6. The summed E-state index contributed by atoms with van der Waals surface area (Å²) in [6.45, 7) is 2.07. The van der Waals surface area contributed by atoms with Crippen LogP contribution in [0.5, 0.6) is 5.75 Å². The highest BCUT2D eigenvalue weighted by molar-refractivity contribution is 6.06. The van der Waals surface area contributed by atoms with Crippen molar-refractivity contribution in [3.05, 3.63) is 90.0 Å². The number of anilines is 1. The number of fused-ring (bicyclic) bond motifs is 1. The molecule has 1 N–H and O–H groups in total. The van der Waals surface area contributed by atoms with Crippen molar-refractivity contribution in [2.45, 2.75) is 6.92 Å². The molecule has 0 bridgehead atoms. The fraction of sp³-hybridized carbons (Fsp3) is 0.0833. The van der Waals surface area contributed by atoms with Crippen LogP contribution in [0.4, 0.5) is 5.69 Å². The second-order valence-electron chi connectivity index (χ2n) is 6.62. The molecule has 4 rings (SSSR count). The lowest BCUT2D eigenvalue weighted by atomic mass is 10.1. The Morgan fingerprint density at radius 3 is 2.50 bits per heavy atom. The Morgan fingerprint density at radius 2 is 1.71 bits per heavy atom. The van der Waals surface area contributed by atoms with Crippen molar-refractivity contribution < 1.29 is 9.53 Å². The van der Waals surface area contributed by atoms with E-state index in [0.717, 1.165) is 27.8 Å². The predicted molar refractivity (Wildman–Crippen MR) is 113 cm³/mol. The van der Waals surface area contributed by atoms with Gasteiger partial charge in [-0.25, -0.2) is 4.98 Å². The molecule has 4 nitrogen and oxygen atoms in total. The van der Waals surface area contributed by atoms with Crippen molar-refractivity contribution >= 4 is 22.5 Å². The number of amides is 1. The minimum absolute atomic E-state index is 0.204. The lowest BCUT2D eigenvalue weighted by molar-refractivity contribution is 0.102. The zero-order valence-corrected chi connectivity index (χ0v) is 15.8. The van der Waals surface area contributed by atoms with E-state index < -0.39 is 0 Å². The van der Waals surface area contributed by atoms with Crippen LogP contribution in [0, 0.1) is 6.92 Å². The molecule has 138 valence electrons. The molecule has 3 aromatic carbocycles. The number of hydrogen-bond acceptors (Lipinski definition) is 3. The number of carbonyl (C=O) groups is 1. The number of methoxy groups -OCH3 is 1. The molecule has 0 aliphatic heterocycles. The van der Waals surface area contributed by atoms with Crippen LogP contribution in [0.3, 0.4) is 0 Å². The molecule has 1 amide bonds. The summed E-state index contributed by atoms with van der Waals surface area (Å²) in [6.07, 6.45) is 0. The first-order valence-corrected chi connectivity index (χ1v) is 9.06. The smallest absolute Gasteiger partial charge is 0.259 e. The largest absolute Gasteiger partial charge is 0.496 e. The van der Waals surface area contributed by atoms with Gasteiger partial charge in [0.15, 0.2) is 0 Å². The fourth-order valence-electron chi connectivity index (χ4n) is 3.16. The zero-order valence-electron chi connectivity index (χ0n) is 15.8. The quantitative estimate of drug-likeness (QED) is 0.519. The number of carbonyl (C=O) groups excluding carboxylic acids is 1. The number of aryl methyl sites for hydroxylation is 1. The predicted octanol–water partition coefficient (Wildman–Crippen LogP) is 5.47. The normalized spacial score (nSPS) is 10.6. The minimum Gasteiger partial charge on any atom is -0.496 e. The summed E-state index contributed by atoms with van der Waals surface area (Å²) >= 11 is 0. The van der Waals surface area contributed by atoms with Crippen molar-refractivity contribution in [1.29, 1.82) is 0 Å². The SMILES string of the molecule is COc1ccccc1C(=O)Nc1ccc(-c2ccc3cc(C)ccc3n2)cc1. The van der Waals surface area contributed by atoms with Crippen LogP contribution in [-0.2, 0) is 0 Å². The molecule has 4 heteroatoms. The van der Waals surface area contributed by atoms with Gasteiger partial charge in [-0.05, 0) is 49.4 Å². The maximum Gasteiger partial charge on any atom is 0.259 e. The van der Waals surface area contributed by atoms with E-state index in [9.17, 15) is 4.79 Å². The van der Waals surface area contributed by atoms with Crippen molar-refractivity contribution in [3.63, 3.8) is 0 Å². The Balaban J connectivity index is 1.55. The van der Waals surface area contributed by atoms with Gasteiger partial charge in [0.2, 0.25) is 0 Å². The number of nitrogens with zero attached hydrogens (tertiary/aromatic N) is 1. The van der Waals surface area contributed by atoms with Gasteiger partial charge in [-0.1, -0.05) is 42.0 Å². The first-order valence-electron chi connectivity index (χ1n) is 9.06. The molecule has 28 heavy (non-hydrogen) atoms. The monoisotopic (exact) mass is 368 g/mol. The summed E-state index contributed by atoms with van der Waals surface area (Å²) in [5, 5.41) is 4.04. The van der Waals surface area contributed by atoms with Crippen molar-refractivity contribution in [2.24, 2.45) is 0 Å². The Morgan fingerprint density at radius 1 is 0.929 bits per heavy atom. The number of aromatic nitrogens is 1. The second-order valence-corrected chi connectivity index (χ2v) is 6.62. The second kappa shape index (κ2) is 7.53. The zero-order chi connectivity index (χ0) is 19.5. The van der Waals surface area contributed by atoms with E-state index in [1.54, 1.807) is 19.2 Å². The van der Waals surface area contributed by atoms with Gasteiger partial charge in [0.05, 0.1) is 23.9 Å². The molecule has 0 saturated heterocycles. The number of rotatable bonds is 4. The van der Waals surface area contributed by atoms with E-state index in [0.29, 0.717) is 11.3 Å². The van der Waals surface area contributed by atoms with E-state index in [2.05, 4.69) is 30.4 Å².